The van der Waals surface area contributed by atoms with Crippen LogP contribution in [0.25, 0.3) is 0 Å². The highest BCUT2D eigenvalue weighted by atomic mass is 19.4. The second kappa shape index (κ2) is 7.66. The highest BCUT2D eigenvalue weighted by molar-refractivity contribution is 5.91. The Labute approximate surface area is 155 Å². The van der Waals surface area contributed by atoms with Gasteiger partial charge in [-0.25, -0.2) is 4.79 Å². The van der Waals surface area contributed by atoms with Crippen molar-refractivity contribution in [3.8, 4) is 5.75 Å². The van der Waals surface area contributed by atoms with Crippen LogP contribution in [0, 0.1) is 5.92 Å². The van der Waals surface area contributed by atoms with Gasteiger partial charge in [-0.15, -0.1) is 0 Å². The lowest BCUT2D eigenvalue weighted by molar-refractivity contribution is -0.137. The van der Waals surface area contributed by atoms with Crippen LogP contribution in [-0.4, -0.2) is 42.6 Å². The van der Waals surface area contributed by atoms with Gasteiger partial charge in [0.25, 0.3) is 0 Å². The quantitative estimate of drug-likeness (QED) is 0.790. The molecular formula is C18H22F3N3O3. The molecule has 1 aromatic rings. The Morgan fingerprint density at radius 1 is 1.33 bits per heavy atom. The van der Waals surface area contributed by atoms with Crippen LogP contribution < -0.4 is 15.4 Å². The summed E-state index contributed by atoms with van der Waals surface area (Å²) in [5, 5.41) is 5.05. The third-order valence-electron chi connectivity index (χ3n) is 4.63. The van der Waals surface area contributed by atoms with Crippen LogP contribution >= 0.6 is 0 Å². The van der Waals surface area contributed by atoms with Crippen molar-refractivity contribution in [2.45, 2.75) is 38.4 Å². The Balaban J connectivity index is 1.58. The monoisotopic (exact) mass is 385 g/mol. The molecule has 3 rings (SSSR count). The molecule has 2 aliphatic rings. The molecule has 2 fully saturated rings. The van der Waals surface area contributed by atoms with Gasteiger partial charge in [0.15, 0.2) is 0 Å². The molecule has 148 valence electrons. The van der Waals surface area contributed by atoms with Crippen LogP contribution in [0.4, 0.5) is 23.7 Å². The zero-order valence-electron chi connectivity index (χ0n) is 14.9. The smallest absolute Gasteiger partial charge is 0.416 e. The van der Waals surface area contributed by atoms with E-state index in [0.717, 1.165) is 25.0 Å². The molecule has 0 bridgehead atoms. The minimum atomic E-state index is -4.52. The molecule has 1 aliphatic heterocycles. The van der Waals surface area contributed by atoms with E-state index in [1.165, 1.54) is 6.07 Å². The number of urea groups is 1. The first-order valence-electron chi connectivity index (χ1n) is 8.96. The third-order valence-corrected chi connectivity index (χ3v) is 4.63. The van der Waals surface area contributed by atoms with Crippen molar-refractivity contribution >= 4 is 17.6 Å². The van der Waals surface area contributed by atoms with Gasteiger partial charge in [-0.1, -0.05) is 0 Å². The summed E-state index contributed by atoms with van der Waals surface area (Å²) < 4.78 is 44.0. The number of alkyl halides is 3. The molecule has 2 N–H and O–H groups in total. The van der Waals surface area contributed by atoms with Gasteiger partial charge < -0.3 is 20.3 Å². The first kappa shape index (κ1) is 19.3. The molecule has 6 nitrogen and oxygen atoms in total. The van der Waals surface area contributed by atoms with E-state index in [1.54, 1.807) is 6.92 Å². The van der Waals surface area contributed by atoms with E-state index in [0.29, 0.717) is 19.0 Å². The molecule has 0 spiro atoms. The number of hydrogen-bond donors (Lipinski definition) is 2. The second-order valence-electron chi connectivity index (χ2n) is 6.82. The average Bonchev–Trinajstić information content (AvgIpc) is 3.37. The van der Waals surface area contributed by atoms with Crippen molar-refractivity contribution < 1.29 is 27.5 Å². The summed E-state index contributed by atoms with van der Waals surface area (Å²) in [4.78, 5) is 25.9. The van der Waals surface area contributed by atoms with Crippen molar-refractivity contribution in [3.63, 3.8) is 0 Å². The maximum Gasteiger partial charge on any atom is 0.416 e. The Morgan fingerprint density at radius 2 is 2.07 bits per heavy atom. The molecule has 1 saturated heterocycles. The van der Waals surface area contributed by atoms with Gasteiger partial charge in [0.05, 0.1) is 17.9 Å². The Morgan fingerprint density at radius 3 is 2.70 bits per heavy atom. The molecule has 1 atom stereocenters. The zero-order valence-corrected chi connectivity index (χ0v) is 14.9. The van der Waals surface area contributed by atoms with Gasteiger partial charge in [0.2, 0.25) is 5.91 Å². The van der Waals surface area contributed by atoms with Crippen LogP contribution in [0.2, 0.25) is 0 Å². The number of nitrogens with zero attached hydrogens (tertiary/aromatic N) is 1. The normalized spacial score (nSPS) is 19.9. The maximum atomic E-state index is 12.9. The fraction of sp³-hybridized carbons (Fsp3) is 0.556. The number of ether oxygens (including phenoxy) is 1. The number of nitrogens with one attached hydrogen (secondary N) is 2. The third kappa shape index (κ3) is 4.84. The fourth-order valence-corrected chi connectivity index (χ4v) is 3.17. The summed E-state index contributed by atoms with van der Waals surface area (Å²) in [6, 6.07) is 2.65. The van der Waals surface area contributed by atoms with E-state index in [-0.39, 0.29) is 36.4 Å². The van der Waals surface area contributed by atoms with Gasteiger partial charge in [-0.05, 0) is 38.0 Å². The molecule has 27 heavy (non-hydrogen) atoms. The summed E-state index contributed by atoms with van der Waals surface area (Å²) in [6.45, 7) is 2.84. The largest absolute Gasteiger partial charge is 0.492 e. The Kier molecular flexibility index (Phi) is 5.48. The lowest BCUT2D eigenvalue weighted by Crippen LogP contribution is -2.34. The van der Waals surface area contributed by atoms with Crippen molar-refractivity contribution in [1.29, 1.82) is 0 Å². The Bertz CT molecular complexity index is 720. The summed E-state index contributed by atoms with van der Waals surface area (Å²) in [5.41, 5.74) is -0.922. The lowest BCUT2D eigenvalue weighted by atomic mass is 10.1. The zero-order chi connectivity index (χ0) is 19.6. The molecule has 0 radical (unpaired) electrons. The first-order valence-corrected chi connectivity index (χ1v) is 8.96. The number of rotatable bonds is 6. The summed E-state index contributed by atoms with van der Waals surface area (Å²) in [7, 11) is 0. The van der Waals surface area contributed by atoms with E-state index >= 15 is 0 Å². The van der Waals surface area contributed by atoms with Crippen molar-refractivity contribution in [3.05, 3.63) is 23.8 Å². The average molecular weight is 385 g/mol. The molecule has 0 aromatic heterocycles. The second-order valence-corrected chi connectivity index (χ2v) is 6.82. The molecule has 1 aliphatic carbocycles. The molecule has 0 unspecified atom stereocenters. The minimum Gasteiger partial charge on any atom is -0.492 e. The molecule has 1 heterocycles. The van der Waals surface area contributed by atoms with E-state index in [2.05, 4.69) is 10.6 Å². The Hall–Kier alpha value is -2.45. The highest BCUT2D eigenvalue weighted by Gasteiger charge is 2.39. The predicted molar refractivity (Wildman–Crippen MR) is 92.5 cm³/mol. The number of carbonyl (C=O) groups is 2. The first-order chi connectivity index (χ1) is 12.8. The van der Waals surface area contributed by atoms with Crippen LogP contribution in [-0.2, 0) is 11.0 Å². The SMILES string of the molecule is CCOc1ccc(C(F)(F)F)cc1NC(=O)NC[C@H]1CC(=O)N(C2CC2)C1. The molecule has 1 aromatic carbocycles. The minimum absolute atomic E-state index is 0.0109. The van der Waals surface area contributed by atoms with Crippen molar-refractivity contribution in [2.75, 3.05) is 25.0 Å². The predicted octanol–water partition coefficient (Wildman–Crippen LogP) is 3.24. The molecule has 3 amide bonds. The maximum absolute atomic E-state index is 12.9. The van der Waals surface area contributed by atoms with Gasteiger partial charge >= 0.3 is 12.2 Å². The van der Waals surface area contributed by atoms with Crippen LogP contribution in [0.1, 0.15) is 31.7 Å². The van der Waals surface area contributed by atoms with Gasteiger partial charge in [0, 0.05) is 31.5 Å². The summed E-state index contributed by atoms with van der Waals surface area (Å²) in [5.74, 6) is 0.273. The molecule has 9 heteroatoms. The van der Waals surface area contributed by atoms with Crippen LogP contribution in [0.15, 0.2) is 18.2 Å². The van der Waals surface area contributed by atoms with E-state index in [9.17, 15) is 22.8 Å². The standard InChI is InChI=1S/C18H22F3N3O3/c1-2-27-15-6-3-12(18(19,20)21)8-14(15)23-17(26)22-9-11-7-16(25)24(10-11)13-4-5-13/h3,6,8,11,13H,2,4-5,7,9-10H2,1H3,(H2,22,23,26)/t11-/m1/s1. The number of likely N-dealkylation sites (tertiary alicyclic amines) is 1. The summed E-state index contributed by atoms with van der Waals surface area (Å²) >= 11 is 0. The molecular weight excluding hydrogens is 363 g/mol. The highest BCUT2D eigenvalue weighted by Crippen LogP contribution is 2.35. The number of hydrogen-bond acceptors (Lipinski definition) is 3. The van der Waals surface area contributed by atoms with Gasteiger partial charge in [-0.3, -0.25) is 4.79 Å². The van der Waals surface area contributed by atoms with Crippen molar-refractivity contribution in [2.24, 2.45) is 5.92 Å². The topological polar surface area (TPSA) is 70.7 Å². The lowest BCUT2D eigenvalue weighted by Gasteiger charge is -2.17. The van der Waals surface area contributed by atoms with Gasteiger partial charge in [0.1, 0.15) is 5.75 Å². The number of amides is 3. The number of carbonyl (C=O) groups excluding carboxylic acids is 2. The van der Waals surface area contributed by atoms with Crippen molar-refractivity contribution in [1.82, 2.24) is 10.2 Å². The van der Waals surface area contributed by atoms with Gasteiger partial charge in [-0.2, -0.15) is 13.2 Å². The van der Waals surface area contributed by atoms with E-state index in [4.69, 9.17) is 4.74 Å². The van der Waals surface area contributed by atoms with Crippen LogP contribution in [0.5, 0.6) is 5.75 Å². The van der Waals surface area contributed by atoms with E-state index < -0.39 is 17.8 Å². The van der Waals surface area contributed by atoms with E-state index in [1.807, 2.05) is 4.90 Å². The number of halogens is 3. The number of anilines is 1. The fourth-order valence-electron chi connectivity index (χ4n) is 3.17. The number of benzene rings is 1. The summed E-state index contributed by atoms with van der Waals surface area (Å²) in [6.07, 6.45) is -2.08. The molecule has 1 saturated carbocycles. The van der Waals surface area contributed by atoms with Crippen LogP contribution in [0.3, 0.4) is 0 Å².